The van der Waals surface area contributed by atoms with Crippen LogP contribution in [-0.4, -0.2) is 35.4 Å². The van der Waals surface area contributed by atoms with E-state index in [0.29, 0.717) is 18.4 Å². The highest BCUT2D eigenvalue weighted by atomic mass is 16.6. The summed E-state index contributed by atoms with van der Waals surface area (Å²) < 4.78 is 11.1. The number of ether oxygens (including phenoxy) is 2. The van der Waals surface area contributed by atoms with Crippen LogP contribution in [0.2, 0.25) is 0 Å². The van der Waals surface area contributed by atoms with Gasteiger partial charge in [0, 0.05) is 18.9 Å². The fourth-order valence-electron chi connectivity index (χ4n) is 3.73. The number of esters is 2. The normalized spacial score (nSPS) is 30.3. The van der Waals surface area contributed by atoms with Gasteiger partial charge < -0.3 is 14.6 Å². The highest BCUT2D eigenvalue weighted by Crippen LogP contribution is 2.35. The molecule has 1 N–H and O–H groups in total. The Hall–Kier alpha value is -2.14. The molecule has 0 amide bonds. The second kappa shape index (κ2) is 9.18. The molecule has 27 heavy (non-hydrogen) atoms. The van der Waals surface area contributed by atoms with Gasteiger partial charge in [-0.05, 0) is 46.1 Å². The van der Waals surface area contributed by atoms with Gasteiger partial charge in [0.1, 0.15) is 12.2 Å². The summed E-state index contributed by atoms with van der Waals surface area (Å²) in [5.41, 5.74) is 3.45. The zero-order chi connectivity index (χ0) is 20.1. The van der Waals surface area contributed by atoms with Gasteiger partial charge in [-0.15, -0.1) is 0 Å². The van der Waals surface area contributed by atoms with Crippen molar-refractivity contribution < 1.29 is 24.2 Å². The molecule has 0 spiro atoms. The van der Waals surface area contributed by atoms with Gasteiger partial charge in [0.25, 0.3) is 0 Å². The average Bonchev–Trinajstić information content (AvgIpc) is 2.79. The van der Waals surface area contributed by atoms with E-state index >= 15 is 0 Å². The molecule has 2 aliphatic rings. The zero-order valence-electron chi connectivity index (χ0n) is 16.7. The standard InChI is InChI=1S/C22H30O5/c1-13-7-6-8-14(2)11-19(26-17(5)23)21-16(4)22(25)27-20(21)12-15(3)10-18(24)9-13/h8-9,12,18-21,24H,4,6-7,10-11H2,1-3,5H3. The topological polar surface area (TPSA) is 72.8 Å². The van der Waals surface area contributed by atoms with Gasteiger partial charge in [0.05, 0.1) is 12.0 Å². The molecule has 5 heteroatoms. The molecule has 0 radical (unpaired) electrons. The van der Waals surface area contributed by atoms with E-state index < -0.39 is 36.2 Å². The van der Waals surface area contributed by atoms with Crippen molar-refractivity contribution >= 4 is 11.9 Å². The molecular weight excluding hydrogens is 344 g/mol. The summed E-state index contributed by atoms with van der Waals surface area (Å²) in [7, 11) is 0. The predicted molar refractivity (Wildman–Crippen MR) is 104 cm³/mol. The third-order valence-electron chi connectivity index (χ3n) is 4.99. The van der Waals surface area contributed by atoms with E-state index in [-0.39, 0.29) is 0 Å². The van der Waals surface area contributed by atoms with E-state index in [0.717, 1.165) is 29.6 Å². The second-order valence-electron chi connectivity index (χ2n) is 7.66. The van der Waals surface area contributed by atoms with Crippen LogP contribution in [0, 0.1) is 5.92 Å². The van der Waals surface area contributed by atoms with Crippen LogP contribution in [0.3, 0.4) is 0 Å². The van der Waals surface area contributed by atoms with E-state index in [9.17, 15) is 14.7 Å². The highest BCUT2D eigenvalue weighted by Gasteiger charge is 2.44. The highest BCUT2D eigenvalue weighted by molar-refractivity contribution is 5.91. The molecule has 0 bridgehead atoms. The lowest BCUT2D eigenvalue weighted by Gasteiger charge is -2.26. The summed E-state index contributed by atoms with van der Waals surface area (Å²) in [6.45, 7) is 11.2. The number of allylic oxidation sites excluding steroid dienone is 2. The zero-order valence-corrected chi connectivity index (χ0v) is 16.7. The Kier molecular flexibility index (Phi) is 7.19. The number of fused-ring (bicyclic) bond motifs is 1. The van der Waals surface area contributed by atoms with Crippen molar-refractivity contribution in [1.29, 1.82) is 0 Å². The van der Waals surface area contributed by atoms with Crippen molar-refractivity contribution in [2.45, 2.75) is 71.7 Å². The maximum absolute atomic E-state index is 12.1. The van der Waals surface area contributed by atoms with E-state index in [1.807, 2.05) is 32.9 Å². The first-order valence-electron chi connectivity index (χ1n) is 9.42. The molecule has 1 fully saturated rings. The lowest BCUT2D eigenvalue weighted by Crippen LogP contribution is -2.32. The minimum absolute atomic E-state index is 0.325. The van der Waals surface area contributed by atoms with Crippen LogP contribution in [-0.2, 0) is 19.1 Å². The third-order valence-corrected chi connectivity index (χ3v) is 4.99. The molecule has 4 unspecified atom stereocenters. The monoisotopic (exact) mass is 374 g/mol. The summed E-state index contributed by atoms with van der Waals surface area (Å²) in [6, 6.07) is 0. The lowest BCUT2D eigenvalue weighted by atomic mass is 9.86. The smallest absolute Gasteiger partial charge is 0.334 e. The van der Waals surface area contributed by atoms with Crippen molar-refractivity contribution in [3.63, 3.8) is 0 Å². The third kappa shape index (κ3) is 5.93. The first-order chi connectivity index (χ1) is 12.7. The predicted octanol–water partition coefficient (Wildman–Crippen LogP) is 3.79. The molecule has 1 aliphatic carbocycles. The van der Waals surface area contributed by atoms with Gasteiger partial charge >= 0.3 is 11.9 Å². The van der Waals surface area contributed by atoms with Gasteiger partial charge in [-0.2, -0.15) is 0 Å². The molecule has 1 saturated heterocycles. The maximum atomic E-state index is 12.1. The van der Waals surface area contributed by atoms with Gasteiger partial charge in [0.15, 0.2) is 0 Å². The number of carbonyl (C=O) groups is 2. The minimum atomic E-state index is -0.586. The Morgan fingerprint density at radius 1 is 1.19 bits per heavy atom. The Labute approximate surface area is 161 Å². The number of hydrogen-bond donors (Lipinski definition) is 1. The molecule has 4 atom stereocenters. The number of carbonyl (C=O) groups excluding carboxylic acids is 2. The number of hydrogen-bond acceptors (Lipinski definition) is 5. The van der Waals surface area contributed by atoms with Gasteiger partial charge in [-0.3, -0.25) is 4.79 Å². The van der Waals surface area contributed by atoms with E-state index in [2.05, 4.69) is 12.7 Å². The molecule has 0 saturated carbocycles. The Morgan fingerprint density at radius 3 is 2.56 bits per heavy atom. The molecule has 1 heterocycles. The number of rotatable bonds is 1. The Balaban J connectivity index is 2.43. The molecule has 0 aromatic rings. The summed E-state index contributed by atoms with van der Waals surface area (Å²) in [5, 5.41) is 10.3. The number of aliphatic hydroxyl groups is 1. The molecule has 5 nitrogen and oxygen atoms in total. The average molecular weight is 374 g/mol. The van der Waals surface area contributed by atoms with Crippen LogP contribution in [0.1, 0.15) is 53.4 Å². The van der Waals surface area contributed by atoms with E-state index in [1.165, 1.54) is 6.92 Å². The fraction of sp³-hybridized carbons (Fsp3) is 0.545. The lowest BCUT2D eigenvalue weighted by molar-refractivity contribution is -0.149. The maximum Gasteiger partial charge on any atom is 0.334 e. The summed E-state index contributed by atoms with van der Waals surface area (Å²) in [5.74, 6) is -1.29. The summed E-state index contributed by atoms with van der Waals surface area (Å²) in [6.07, 6.45) is 6.85. The second-order valence-corrected chi connectivity index (χ2v) is 7.66. The largest absolute Gasteiger partial charge is 0.461 e. The first kappa shape index (κ1) is 21.2. The van der Waals surface area contributed by atoms with Crippen LogP contribution < -0.4 is 0 Å². The van der Waals surface area contributed by atoms with Crippen LogP contribution in [0.15, 0.2) is 47.1 Å². The Bertz CT molecular complexity index is 697. The molecule has 0 aromatic heterocycles. The van der Waals surface area contributed by atoms with Crippen molar-refractivity contribution in [1.82, 2.24) is 0 Å². The van der Waals surface area contributed by atoms with E-state index in [4.69, 9.17) is 9.47 Å². The fourth-order valence-corrected chi connectivity index (χ4v) is 3.73. The Morgan fingerprint density at radius 2 is 1.89 bits per heavy atom. The first-order valence-corrected chi connectivity index (χ1v) is 9.42. The molecule has 1 aliphatic heterocycles. The summed E-state index contributed by atoms with van der Waals surface area (Å²) in [4.78, 5) is 23.8. The van der Waals surface area contributed by atoms with Crippen LogP contribution >= 0.6 is 0 Å². The van der Waals surface area contributed by atoms with Gasteiger partial charge in [-0.1, -0.05) is 35.5 Å². The van der Waals surface area contributed by atoms with Crippen molar-refractivity contribution in [2.75, 3.05) is 0 Å². The molecular formula is C22H30O5. The van der Waals surface area contributed by atoms with Crippen molar-refractivity contribution in [2.24, 2.45) is 5.92 Å². The molecule has 2 rings (SSSR count). The summed E-state index contributed by atoms with van der Waals surface area (Å²) >= 11 is 0. The van der Waals surface area contributed by atoms with E-state index in [1.54, 1.807) is 0 Å². The van der Waals surface area contributed by atoms with Crippen molar-refractivity contribution in [3.05, 3.63) is 47.1 Å². The van der Waals surface area contributed by atoms with Gasteiger partial charge in [-0.25, -0.2) is 4.79 Å². The minimum Gasteiger partial charge on any atom is -0.461 e. The van der Waals surface area contributed by atoms with Crippen LogP contribution in [0.5, 0.6) is 0 Å². The molecule has 148 valence electrons. The number of aliphatic hydroxyl groups excluding tert-OH is 1. The molecule has 0 aromatic carbocycles. The van der Waals surface area contributed by atoms with Gasteiger partial charge in [0.2, 0.25) is 0 Å². The van der Waals surface area contributed by atoms with Crippen LogP contribution in [0.25, 0.3) is 0 Å². The van der Waals surface area contributed by atoms with Crippen molar-refractivity contribution in [3.8, 4) is 0 Å². The van der Waals surface area contributed by atoms with Crippen LogP contribution in [0.4, 0.5) is 0 Å². The SMILES string of the molecule is C=C1C(=O)OC2C=C(C)CC(O)C=C(C)CCC=C(C)CC(OC(C)=O)C12. The quantitative estimate of drug-likeness (QED) is 0.429.